The van der Waals surface area contributed by atoms with Crippen LogP contribution in [0.15, 0.2) is 60.5 Å². The van der Waals surface area contributed by atoms with Gasteiger partial charge in [0.25, 0.3) is 11.8 Å². The number of benzene rings is 1. The van der Waals surface area contributed by atoms with Crippen molar-refractivity contribution < 1.29 is 9.59 Å². The van der Waals surface area contributed by atoms with E-state index in [2.05, 4.69) is 40.0 Å². The summed E-state index contributed by atoms with van der Waals surface area (Å²) in [4.78, 5) is 27.7. The molecule has 0 saturated heterocycles. The maximum Gasteiger partial charge on any atom is 0.272 e. The maximum absolute atomic E-state index is 13.5. The highest BCUT2D eigenvalue weighted by Gasteiger charge is 2.27. The Labute approximate surface area is 200 Å². The molecular formula is C26H25N3O2S2. The monoisotopic (exact) mass is 475 g/mol. The van der Waals surface area contributed by atoms with Gasteiger partial charge in [-0.3, -0.25) is 9.59 Å². The number of hydrogen-bond donors (Lipinski definition) is 2. The second-order valence-electron chi connectivity index (χ2n) is 8.14. The van der Waals surface area contributed by atoms with Crippen LogP contribution in [0.2, 0.25) is 0 Å². The van der Waals surface area contributed by atoms with Gasteiger partial charge in [0, 0.05) is 18.0 Å². The van der Waals surface area contributed by atoms with Crippen molar-refractivity contribution in [2.45, 2.75) is 32.2 Å². The largest absolute Gasteiger partial charge is 0.348 e. The first-order valence-corrected chi connectivity index (χ1v) is 12.8. The first-order valence-electron chi connectivity index (χ1n) is 11.1. The Balaban J connectivity index is 1.50. The molecule has 0 aliphatic heterocycles. The SMILES string of the molecule is C=CCNC(=O)c1c(NC(=O)c2cc3sccc3n2Cc2ccccc2)sc2c1CCCC2. The van der Waals surface area contributed by atoms with Crippen molar-refractivity contribution in [3.63, 3.8) is 0 Å². The van der Waals surface area contributed by atoms with Gasteiger partial charge < -0.3 is 15.2 Å². The summed E-state index contributed by atoms with van der Waals surface area (Å²) in [6, 6.07) is 14.1. The van der Waals surface area contributed by atoms with E-state index in [1.54, 1.807) is 28.7 Å². The Kier molecular flexibility index (Phi) is 6.15. The van der Waals surface area contributed by atoms with Gasteiger partial charge in [0.15, 0.2) is 0 Å². The molecule has 3 heterocycles. The Hall–Kier alpha value is -3.16. The molecular weight excluding hydrogens is 450 g/mol. The number of nitrogens with zero attached hydrogens (tertiary/aromatic N) is 1. The van der Waals surface area contributed by atoms with Crippen LogP contribution in [0.25, 0.3) is 10.2 Å². The van der Waals surface area contributed by atoms with E-state index in [-0.39, 0.29) is 11.8 Å². The predicted molar refractivity (Wildman–Crippen MR) is 137 cm³/mol. The Morgan fingerprint density at radius 1 is 1.09 bits per heavy atom. The summed E-state index contributed by atoms with van der Waals surface area (Å²) in [5.41, 5.74) is 4.48. The summed E-state index contributed by atoms with van der Waals surface area (Å²) >= 11 is 3.16. The molecule has 0 atom stereocenters. The molecule has 0 saturated carbocycles. The van der Waals surface area contributed by atoms with Crippen molar-refractivity contribution in [2.24, 2.45) is 0 Å². The second kappa shape index (κ2) is 9.37. The normalized spacial score (nSPS) is 13.0. The van der Waals surface area contributed by atoms with Gasteiger partial charge in [-0.25, -0.2) is 0 Å². The van der Waals surface area contributed by atoms with E-state index in [0.29, 0.717) is 29.3 Å². The van der Waals surface area contributed by atoms with E-state index in [4.69, 9.17) is 0 Å². The summed E-state index contributed by atoms with van der Waals surface area (Å²) in [6.07, 6.45) is 5.68. The van der Waals surface area contributed by atoms with Crippen molar-refractivity contribution in [3.05, 3.63) is 87.8 Å². The van der Waals surface area contributed by atoms with Gasteiger partial charge in [-0.05, 0) is 54.3 Å². The molecule has 7 heteroatoms. The average Bonchev–Trinajstić information content (AvgIpc) is 3.52. The van der Waals surface area contributed by atoms with E-state index < -0.39 is 0 Å². The molecule has 1 aliphatic rings. The van der Waals surface area contributed by atoms with Crippen LogP contribution in [-0.4, -0.2) is 22.9 Å². The zero-order chi connectivity index (χ0) is 22.8. The lowest BCUT2D eigenvalue weighted by Crippen LogP contribution is -2.26. The molecule has 33 heavy (non-hydrogen) atoms. The Morgan fingerprint density at radius 3 is 2.73 bits per heavy atom. The highest BCUT2D eigenvalue weighted by molar-refractivity contribution is 7.17. The van der Waals surface area contributed by atoms with Crippen molar-refractivity contribution in [1.82, 2.24) is 9.88 Å². The third kappa shape index (κ3) is 4.26. The topological polar surface area (TPSA) is 63.1 Å². The number of anilines is 1. The van der Waals surface area contributed by atoms with Gasteiger partial charge in [-0.15, -0.1) is 29.3 Å². The molecule has 168 valence electrons. The molecule has 1 aromatic carbocycles. The smallest absolute Gasteiger partial charge is 0.272 e. The van der Waals surface area contributed by atoms with Crippen LogP contribution >= 0.6 is 22.7 Å². The van der Waals surface area contributed by atoms with Crippen LogP contribution in [0.5, 0.6) is 0 Å². The summed E-state index contributed by atoms with van der Waals surface area (Å²) in [7, 11) is 0. The van der Waals surface area contributed by atoms with Gasteiger partial charge in [0.2, 0.25) is 0 Å². The van der Waals surface area contributed by atoms with Gasteiger partial charge >= 0.3 is 0 Å². The quantitative estimate of drug-likeness (QED) is 0.329. The molecule has 3 aromatic heterocycles. The Bertz CT molecular complexity index is 1330. The van der Waals surface area contributed by atoms with Gasteiger partial charge in [0.05, 0.1) is 15.8 Å². The molecule has 1 aliphatic carbocycles. The first kappa shape index (κ1) is 21.7. The molecule has 0 radical (unpaired) electrons. The number of nitrogens with one attached hydrogen (secondary N) is 2. The maximum atomic E-state index is 13.5. The first-order chi connectivity index (χ1) is 16.2. The Morgan fingerprint density at radius 2 is 1.91 bits per heavy atom. The third-order valence-corrected chi connectivity index (χ3v) is 8.03. The average molecular weight is 476 g/mol. The number of hydrogen-bond acceptors (Lipinski definition) is 4. The standard InChI is InChI=1S/C26H25N3O2S2/c1-2-13-27-25(31)23-18-10-6-7-11-21(18)33-26(23)28-24(30)20-15-22-19(12-14-32-22)29(20)16-17-8-4-3-5-9-17/h2-5,8-9,12,14-15H,1,6-7,10-11,13,16H2,(H,27,31)(H,28,30). The van der Waals surface area contributed by atoms with Gasteiger partial charge in [0.1, 0.15) is 10.7 Å². The molecule has 5 nitrogen and oxygen atoms in total. The molecule has 2 N–H and O–H groups in total. The van der Waals surface area contributed by atoms with Crippen molar-refractivity contribution >= 4 is 49.7 Å². The van der Waals surface area contributed by atoms with Crippen LogP contribution < -0.4 is 10.6 Å². The fourth-order valence-electron chi connectivity index (χ4n) is 4.42. The van der Waals surface area contributed by atoms with E-state index >= 15 is 0 Å². The minimum absolute atomic E-state index is 0.148. The lowest BCUT2D eigenvalue weighted by molar-refractivity contribution is 0.0958. The lowest BCUT2D eigenvalue weighted by Gasteiger charge is -2.13. The highest BCUT2D eigenvalue weighted by Crippen LogP contribution is 2.38. The van der Waals surface area contributed by atoms with Crippen molar-refractivity contribution in [2.75, 3.05) is 11.9 Å². The number of fused-ring (bicyclic) bond motifs is 2. The lowest BCUT2D eigenvalue weighted by atomic mass is 9.95. The summed E-state index contributed by atoms with van der Waals surface area (Å²) in [5, 5.41) is 8.68. The number of carbonyl (C=O) groups excluding carboxylic acids is 2. The van der Waals surface area contributed by atoms with E-state index in [1.807, 2.05) is 29.6 Å². The van der Waals surface area contributed by atoms with E-state index in [1.165, 1.54) is 4.88 Å². The molecule has 0 bridgehead atoms. The fraction of sp³-hybridized carbons (Fsp3) is 0.231. The minimum atomic E-state index is -0.189. The number of carbonyl (C=O) groups is 2. The number of rotatable bonds is 7. The number of aryl methyl sites for hydroxylation is 1. The van der Waals surface area contributed by atoms with Crippen LogP contribution in [0, 0.1) is 0 Å². The fourth-order valence-corrected chi connectivity index (χ4v) is 6.52. The van der Waals surface area contributed by atoms with Crippen LogP contribution in [0.4, 0.5) is 5.00 Å². The zero-order valence-electron chi connectivity index (χ0n) is 18.2. The molecule has 0 fully saturated rings. The minimum Gasteiger partial charge on any atom is -0.348 e. The van der Waals surface area contributed by atoms with Crippen LogP contribution in [-0.2, 0) is 19.4 Å². The van der Waals surface area contributed by atoms with Crippen molar-refractivity contribution in [1.29, 1.82) is 0 Å². The van der Waals surface area contributed by atoms with E-state index in [0.717, 1.165) is 47.0 Å². The summed E-state index contributed by atoms with van der Waals surface area (Å²) < 4.78 is 3.13. The predicted octanol–water partition coefficient (Wildman–Crippen LogP) is 5.86. The second-order valence-corrected chi connectivity index (χ2v) is 10.2. The van der Waals surface area contributed by atoms with Crippen molar-refractivity contribution in [3.8, 4) is 0 Å². The molecule has 2 amide bonds. The third-order valence-electron chi connectivity index (χ3n) is 5.97. The summed E-state index contributed by atoms with van der Waals surface area (Å²) in [5.74, 6) is -0.337. The molecule has 4 aromatic rings. The zero-order valence-corrected chi connectivity index (χ0v) is 19.9. The van der Waals surface area contributed by atoms with Gasteiger partial charge in [-0.2, -0.15) is 0 Å². The number of aromatic nitrogens is 1. The molecule has 0 spiro atoms. The highest BCUT2D eigenvalue weighted by atomic mass is 32.1. The van der Waals surface area contributed by atoms with Crippen LogP contribution in [0.1, 0.15) is 49.7 Å². The molecule has 5 rings (SSSR count). The molecule has 0 unspecified atom stereocenters. The number of thiophene rings is 2. The van der Waals surface area contributed by atoms with Crippen LogP contribution in [0.3, 0.4) is 0 Å². The number of amides is 2. The van der Waals surface area contributed by atoms with Gasteiger partial charge in [-0.1, -0.05) is 36.4 Å². The van der Waals surface area contributed by atoms with E-state index in [9.17, 15) is 9.59 Å². The summed E-state index contributed by atoms with van der Waals surface area (Å²) in [6.45, 7) is 4.69.